The lowest BCUT2D eigenvalue weighted by atomic mass is 10.2. The van der Waals surface area contributed by atoms with Gasteiger partial charge in [0.25, 0.3) is 6.43 Å². The van der Waals surface area contributed by atoms with Crippen molar-refractivity contribution in [3.8, 4) is 6.07 Å². The molecule has 0 amide bonds. The lowest BCUT2D eigenvalue weighted by Crippen LogP contribution is -2.10. The highest BCUT2D eigenvalue weighted by Gasteiger charge is 2.21. The molecule has 0 aliphatic rings. The molecule has 0 spiro atoms. The summed E-state index contributed by atoms with van der Waals surface area (Å²) in [6, 6.07) is 1.77. The average molecular weight is 216 g/mol. The van der Waals surface area contributed by atoms with Gasteiger partial charge >= 0.3 is 0 Å². The molecule has 0 aromatic carbocycles. The SMILES string of the molecule is COCCn1nnc(CC#N)c1C(F)F. The number of nitriles is 1. The van der Waals surface area contributed by atoms with Crippen molar-refractivity contribution in [1.29, 1.82) is 5.26 Å². The van der Waals surface area contributed by atoms with Crippen LogP contribution >= 0.6 is 0 Å². The first kappa shape index (κ1) is 11.5. The Balaban J connectivity index is 2.91. The molecule has 0 radical (unpaired) electrons. The summed E-state index contributed by atoms with van der Waals surface area (Å²) in [5, 5.41) is 15.5. The van der Waals surface area contributed by atoms with Crippen LogP contribution in [0.5, 0.6) is 0 Å². The molecular formula is C8H10F2N4O. The van der Waals surface area contributed by atoms with Crippen LogP contribution in [-0.4, -0.2) is 28.7 Å². The average Bonchev–Trinajstić information content (AvgIpc) is 2.58. The van der Waals surface area contributed by atoms with E-state index in [0.717, 1.165) is 4.68 Å². The number of rotatable bonds is 5. The molecule has 1 aromatic rings. The third-order valence-corrected chi connectivity index (χ3v) is 1.81. The molecule has 0 atom stereocenters. The molecule has 0 fully saturated rings. The van der Waals surface area contributed by atoms with Gasteiger partial charge < -0.3 is 4.74 Å². The summed E-state index contributed by atoms with van der Waals surface area (Å²) in [6.45, 7) is 0.476. The minimum Gasteiger partial charge on any atom is -0.383 e. The van der Waals surface area contributed by atoms with Crippen molar-refractivity contribution in [3.63, 3.8) is 0 Å². The van der Waals surface area contributed by atoms with Crippen molar-refractivity contribution in [2.24, 2.45) is 0 Å². The second-order valence-electron chi connectivity index (χ2n) is 2.77. The Kier molecular flexibility index (Phi) is 4.12. The van der Waals surface area contributed by atoms with Gasteiger partial charge in [0, 0.05) is 7.11 Å². The predicted octanol–water partition coefficient (Wildman–Crippen LogP) is 0.928. The van der Waals surface area contributed by atoms with E-state index in [1.54, 1.807) is 6.07 Å². The largest absolute Gasteiger partial charge is 0.383 e. The Labute approximate surface area is 85.3 Å². The second kappa shape index (κ2) is 5.36. The Morgan fingerprint density at radius 3 is 2.87 bits per heavy atom. The number of aromatic nitrogens is 3. The Morgan fingerprint density at radius 1 is 1.60 bits per heavy atom. The van der Waals surface area contributed by atoms with Crippen LogP contribution in [0.3, 0.4) is 0 Å². The fraction of sp³-hybridized carbons (Fsp3) is 0.625. The summed E-state index contributed by atoms with van der Waals surface area (Å²) in [4.78, 5) is 0. The Morgan fingerprint density at radius 2 is 2.33 bits per heavy atom. The van der Waals surface area contributed by atoms with Gasteiger partial charge in [-0.15, -0.1) is 5.10 Å². The van der Waals surface area contributed by atoms with Gasteiger partial charge in [0.05, 0.1) is 25.6 Å². The molecule has 15 heavy (non-hydrogen) atoms. The van der Waals surface area contributed by atoms with Gasteiger partial charge in [-0.3, -0.25) is 0 Å². The third kappa shape index (κ3) is 2.70. The van der Waals surface area contributed by atoms with Crippen LogP contribution in [0.2, 0.25) is 0 Å². The van der Waals surface area contributed by atoms with Gasteiger partial charge in [-0.2, -0.15) is 5.26 Å². The second-order valence-corrected chi connectivity index (χ2v) is 2.77. The monoisotopic (exact) mass is 216 g/mol. The topological polar surface area (TPSA) is 63.7 Å². The van der Waals surface area contributed by atoms with Crippen LogP contribution in [0, 0.1) is 11.3 Å². The summed E-state index contributed by atoms with van der Waals surface area (Å²) in [5.41, 5.74) is -0.266. The highest BCUT2D eigenvalue weighted by molar-refractivity contribution is 5.15. The van der Waals surface area contributed by atoms with E-state index >= 15 is 0 Å². The quantitative estimate of drug-likeness (QED) is 0.734. The number of halogens is 2. The normalized spacial score (nSPS) is 10.6. The third-order valence-electron chi connectivity index (χ3n) is 1.81. The standard InChI is InChI=1S/C8H10F2N4O/c1-15-5-4-14-7(8(9)10)6(2-3-11)12-13-14/h8H,2,4-5H2,1H3. The molecule has 0 saturated heterocycles. The maximum absolute atomic E-state index is 12.6. The molecule has 5 nitrogen and oxygen atoms in total. The molecule has 1 heterocycles. The minimum atomic E-state index is -2.68. The Bertz CT molecular complexity index is 358. The van der Waals surface area contributed by atoms with Crippen molar-refractivity contribution in [3.05, 3.63) is 11.4 Å². The molecule has 0 bridgehead atoms. The number of hydrogen-bond acceptors (Lipinski definition) is 4. The summed E-state index contributed by atoms with van der Waals surface area (Å²) < 4.78 is 31.1. The summed E-state index contributed by atoms with van der Waals surface area (Å²) in [7, 11) is 1.47. The molecule has 0 aliphatic carbocycles. The first-order chi connectivity index (χ1) is 7.20. The molecule has 0 unspecified atom stereocenters. The lowest BCUT2D eigenvalue weighted by molar-refractivity contribution is 0.130. The van der Waals surface area contributed by atoms with E-state index in [1.165, 1.54) is 7.11 Å². The maximum Gasteiger partial charge on any atom is 0.281 e. The van der Waals surface area contributed by atoms with E-state index < -0.39 is 6.43 Å². The van der Waals surface area contributed by atoms with E-state index in [0.29, 0.717) is 0 Å². The highest BCUT2D eigenvalue weighted by Crippen LogP contribution is 2.21. The van der Waals surface area contributed by atoms with Crippen LogP contribution in [0.25, 0.3) is 0 Å². The van der Waals surface area contributed by atoms with Crippen LogP contribution in [0.1, 0.15) is 17.8 Å². The maximum atomic E-state index is 12.6. The zero-order valence-electron chi connectivity index (χ0n) is 8.15. The van der Waals surface area contributed by atoms with E-state index in [1.807, 2.05) is 0 Å². The summed E-state index contributed by atoms with van der Waals surface area (Å²) >= 11 is 0. The first-order valence-electron chi connectivity index (χ1n) is 4.27. The number of alkyl halides is 2. The minimum absolute atomic E-state index is 0.0311. The van der Waals surface area contributed by atoms with Crippen LogP contribution in [-0.2, 0) is 17.7 Å². The predicted molar refractivity (Wildman–Crippen MR) is 46.2 cm³/mol. The van der Waals surface area contributed by atoms with Crippen molar-refractivity contribution < 1.29 is 13.5 Å². The van der Waals surface area contributed by atoms with Crippen LogP contribution in [0.15, 0.2) is 0 Å². The number of ether oxygens (including phenoxy) is 1. The van der Waals surface area contributed by atoms with E-state index in [2.05, 4.69) is 10.3 Å². The smallest absolute Gasteiger partial charge is 0.281 e. The molecule has 82 valence electrons. The van der Waals surface area contributed by atoms with Crippen LogP contribution in [0.4, 0.5) is 8.78 Å². The zero-order chi connectivity index (χ0) is 11.3. The first-order valence-corrected chi connectivity index (χ1v) is 4.27. The van der Waals surface area contributed by atoms with Crippen molar-refractivity contribution in [2.45, 2.75) is 19.4 Å². The van der Waals surface area contributed by atoms with Gasteiger partial charge in [-0.1, -0.05) is 5.21 Å². The van der Waals surface area contributed by atoms with Crippen LogP contribution < -0.4 is 0 Å². The lowest BCUT2D eigenvalue weighted by Gasteiger charge is -2.05. The van der Waals surface area contributed by atoms with Crippen molar-refractivity contribution in [2.75, 3.05) is 13.7 Å². The molecule has 0 saturated carbocycles. The fourth-order valence-corrected chi connectivity index (χ4v) is 1.14. The molecule has 1 aromatic heterocycles. The number of nitrogens with zero attached hydrogens (tertiary/aromatic N) is 4. The van der Waals surface area contributed by atoms with Gasteiger partial charge in [-0.05, 0) is 0 Å². The molecule has 7 heteroatoms. The molecule has 0 N–H and O–H groups in total. The van der Waals surface area contributed by atoms with Crippen molar-refractivity contribution in [1.82, 2.24) is 15.0 Å². The molecule has 0 aliphatic heterocycles. The molecular weight excluding hydrogens is 206 g/mol. The summed E-state index contributed by atoms with van der Waals surface area (Å²) in [5.74, 6) is 0. The highest BCUT2D eigenvalue weighted by atomic mass is 19.3. The summed E-state index contributed by atoms with van der Waals surface area (Å²) in [6.07, 6.45) is -2.84. The van der Waals surface area contributed by atoms with Gasteiger partial charge in [-0.25, -0.2) is 13.5 Å². The zero-order valence-corrected chi connectivity index (χ0v) is 8.15. The number of hydrogen-bond donors (Lipinski definition) is 0. The van der Waals surface area contributed by atoms with E-state index in [-0.39, 0.29) is 31.0 Å². The van der Waals surface area contributed by atoms with Crippen molar-refractivity contribution >= 4 is 0 Å². The Hall–Kier alpha value is -1.55. The van der Waals surface area contributed by atoms with Gasteiger partial charge in [0.15, 0.2) is 0 Å². The van der Waals surface area contributed by atoms with Gasteiger partial charge in [0.1, 0.15) is 11.4 Å². The number of methoxy groups -OCH3 is 1. The molecule has 1 rings (SSSR count). The van der Waals surface area contributed by atoms with Gasteiger partial charge in [0.2, 0.25) is 0 Å². The fourth-order valence-electron chi connectivity index (χ4n) is 1.14. The van der Waals surface area contributed by atoms with E-state index in [9.17, 15) is 8.78 Å². The van der Waals surface area contributed by atoms with E-state index in [4.69, 9.17) is 10.00 Å².